The summed E-state index contributed by atoms with van der Waals surface area (Å²) in [5.41, 5.74) is 5.11. The molecule has 1 aliphatic rings. The van der Waals surface area contributed by atoms with Crippen LogP contribution in [0, 0.1) is 6.92 Å². The van der Waals surface area contributed by atoms with Crippen molar-refractivity contribution < 1.29 is 14.3 Å². The van der Waals surface area contributed by atoms with E-state index >= 15 is 0 Å². The summed E-state index contributed by atoms with van der Waals surface area (Å²) < 4.78 is 5.42. The summed E-state index contributed by atoms with van der Waals surface area (Å²) >= 11 is 0. The Balaban J connectivity index is 1.55. The molecule has 2 aromatic carbocycles. The highest BCUT2D eigenvalue weighted by Gasteiger charge is 2.23. The molecule has 148 valence electrons. The molecule has 5 heteroatoms. The van der Waals surface area contributed by atoms with Crippen molar-refractivity contribution in [3.8, 4) is 0 Å². The van der Waals surface area contributed by atoms with Gasteiger partial charge in [0.25, 0.3) is 5.91 Å². The van der Waals surface area contributed by atoms with Crippen LogP contribution in [-0.2, 0) is 22.4 Å². The third kappa shape index (κ3) is 4.29. The molecular formula is C24H24N2O3. The normalized spacial score (nSPS) is 13.4. The van der Waals surface area contributed by atoms with E-state index in [0.29, 0.717) is 11.3 Å². The number of nitrogens with one attached hydrogen (secondary N) is 1. The predicted molar refractivity (Wildman–Crippen MR) is 113 cm³/mol. The molecule has 1 aromatic heterocycles. The van der Waals surface area contributed by atoms with Gasteiger partial charge in [-0.25, -0.2) is 4.79 Å². The van der Waals surface area contributed by atoms with E-state index in [9.17, 15) is 9.59 Å². The molecule has 0 bridgehead atoms. The zero-order chi connectivity index (χ0) is 20.2. The lowest BCUT2D eigenvalue weighted by molar-refractivity contribution is -0.119. The maximum absolute atomic E-state index is 13.0. The highest BCUT2D eigenvalue weighted by atomic mass is 16.5. The van der Waals surface area contributed by atoms with Crippen molar-refractivity contribution in [1.29, 1.82) is 0 Å². The number of nitrogens with zero attached hydrogens (tertiary/aromatic N) is 1. The van der Waals surface area contributed by atoms with Gasteiger partial charge in [-0.1, -0.05) is 42.3 Å². The highest BCUT2D eigenvalue weighted by molar-refractivity contribution is 6.06. The van der Waals surface area contributed by atoms with Gasteiger partial charge in [-0.2, -0.15) is 0 Å². The number of hydrogen-bond acceptors (Lipinski definition) is 4. The van der Waals surface area contributed by atoms with E-state index in [4.69, 9.17) is 9.72 Å². The molecule has 0 unspecified atom stereocenters. The molecule has 1 aliphatic carbocycles. The van der Waals surface area contributed by atoms with Crippen LogP contribution in [0.25, 0.3) is 10.9 Å². The summed E-state index contributed by atoms with van der Waals surface area (Å²) in [6.45, 7) is 1.66. The number of aryl methyl sites for hydroxylation is 2. The van der Waals surface area contributed by atoms with Crippen molar-refractivity contribution in [2.75, 3.05) is 11.9 Å². The number of pyridine rings is 1. The van der Waals surface area contributed by atoms with Gasteiger partial charge in [0.05, 0.1) is 11.1 Å². The molecule has 1 N–H and O–H groups in total. The number of benzene rings is 2. The fourth-order valence-electron chi connectivity index (χ4n) is 3.82. The number of hydrogen-bond donors (Lipinski definition) is 1. The molecule has 0 saturated carbocycles. The molecule has 3 aromatic rings. The second-order valence-electron chi connectivity index (χ2n) is 7.48. The van der Waals surface area contributed by atoms with Gasteiger partial charge in [-0.3, -0.25) is 9.78 Å². The van der Waals surface area contributed by atoms with Crippen molar-refractivity contribution in [2.24, 2.45) is 0 Å². The van der Waals surface area contributed by atoms with Crippen LogP contribution in [0.1, 0.15) is 46.4 Å². The topological polar surface area (TPSA) is 68.3 Å². The number of ether oxygens (including phenoxy) is 1. The molecule has 5 nitrogen and oxygen atoms in total. The fraction of sp³-hybridized carbons (Fsp3) is 0.292. The Bertz CT molecular complexity index is 1060. The number of anilines is 1. The van der Waals surface area contributed by atoms with Gasteiger partial charge in [-0.15, -0.1) is 0 Å². The largest absolute Gasteiger partial charge is 0.452 e. The molecule has 29 heavy (non-hydrogen) atoms. The van der Waals surface area contributed by atoms with Gasteiger partial charge in [0.15, 0.2) is 6.61 Å². The second-order valence-corrected chi connectivity index (χ2v) is 7.48. The van der Waals surface area contributed by atoms with Crippen molar-refractivity contribution >= 4 is 28.5 Å². The number of carbonyl (C=O) groups is 2. The minimum atomic E-state index is -0.458. The lowest BCUT2D eigenvalue weighted by atomic mass is 9.97. The maximum Gasteiger partial charge on any atom is 0.339 e. The lowest BCUT2D eigenvalue weighted by Crippen LogP contribution is -2.22. The second kappa shape index (κ2) is 8.43. The molecule has 0 radical (unpaired) electrons. The first kappa shape index (κ1) is 19.1. The third-order valence-corrected chi connectivity index (χ3v) is 5.29. The van der Waals surface area contributed by atoms with Crippen molar-refractivity contribution in [2.45, 2.75) is 39.0 Å². The summed E-state index contributed by atoms with van der Waals surface area (Å²) in [5, 5.41) is 3.55. The number of fused-ring (bicyclic) bond motifs is 2. The molecule has 0 aliphatic heterocycles. The smallest absolute Gasteiger partial charge is 0.339 e. The molecule has 1 amide bonds. The third-order valence-electron chi connectivity index (χ3n) is 5.29. The minimum absolute atomic E-state index is 0.321. The van der Waals surface area contributed by atoms with Gasteiger partial charge >= 0.3 is 5.97 Å². The van der Waals surface area contributed by atoms with E-state index in [1.165, 1.54) is 0 Å². The van der Waals surface area contributed by atoms with Gasteiger partial charge < -0.3 is 10.1 Å². The van der Waals surface area contributed by atoms with Gasteiger partial charge in [0.1, 0.15) is 0 Å². The number of esters is 1. The highest BCUT2D eigenvalue weighted by Crippen LogP contribution is 2.29. The van der Waals surface area contributed by atoms with Gasteiger partial charge in [0, 0.05) is 16.8 Å². The molecular weight excluding hydrogens is 364 g/mol. The number of rotatable bonds is 4. The zero-order valence-electron chi connectivity index (χ0n) is 16.5. The molecule has 1 heterocycles. The van der Waals surface area contributed by atoms with E-state index in [2.05, 4.69) is 5.32 Å². The van der Waals surface area contributed by atoms with Crippen molar-refractivity contribution in [1.82, 2.24) is 4.98 Å². The Morgan fingerprint density at radius 3 is 2.59 bits per heavy atom. The molecule has 0 fully saturated rings. The van der Waals surface area contributed by atoms with E-state index in [0.717, 1.165) is 59.8 Å². The van der Waals surface area contributed by atoms with Crippen molar-refractivity contribution in [3.05, 3.63) is 70.9 Å². The fourth-order valence-corrected chi connectivity index (χ4v) is 3.82. The van der Waals surface area contributed by atoms with Crippen LogP contribution >= 0.6 is 0 Å². The van der Waals surface area contributed by atoms with Crippen LogP contribution in [0.3, 0.4) is 0 Å². The van der Waals surface area contributed by atoms with Crippen LogP contribution in [0.4, 0.5) is 5.69 Å². The number of para-hydroxylation sites is 1. The summed E-state index contributed by atoms with van der Waals surface area (Å²) in [7, 11) is 0. The van der Waals surface area contributed by atoms with Crippen LogP contribution in [0.2, 0.25) is 0 Å². The Morgan fingerprint density at radius 2 is 1.76 bits per heavy atom. The van der Waals surface area contributed by atoms with Gasteiger partial charge in [-0.05, 0) is 56.4 Å². The molecule has 0 atom stereocenters. The van der Waals surface area contributed by atoms with Crippen LogP contribution < -0.4 is 5.32 Å². The van der Waals surface area contributed by atoms with Crippen molar-refractivity contribution in [3.63, 3.8) is 0 Å². The molecule has 0 saturated heterocycles. The number of aromatic nitrogens is 1. The maximum atomic E-state index is 13.0. The first-order valence-electron chi connectivity index (χ1n) is 10.1. The van der Waals surface area contributed by atoms with Crippen LogP contribution in [0.5, 0.6) is 0 Å². The average molecular weight is 388 g/mol. The van der Waals surface area contributed by atoms with E-state index in [1.54, 1.807) is 0 Å². The number of amides is 1. The standard InChI is InChI=1S/C24H24N2O3/c1-16-11-13-17(14-12-16)25-22(27)15-29-24(28)23-18-7-3-2-4-9-20(18)26-21-10-6-5-8-19(21)23/h5-6,8,10-14H,2-4,7,9,15H2,1H3,(H,25,27). The SMILES string of the molecule is Cc1ccc(NC(=O)COC(=O)c2c3c(nc4ccccc24)CCCCC3)cc1. The summed E-state index contributed by atoms with van der Waals surface area (Å²) in [6.07, 6.45) is 4.91. The van der Waals surface area contributed by atoms with Crippen LogP contribution in [-0.4, -0.2) is 23.5 Å². The molecule has 4 rings (SSSR count). The Kier molecular flexibility index (Phi) is 5.56. The summed E-state index contributed by atoms with van der Waals surface area (Å²) in [6, 6.07) is 15.1. The van der Waals surface area contributed by atoms with Crippen LogP contribution in [0.15, 0.2) is 48.5 Å². The lowest BCUT2D eigenvalue weighted by Gasteiger charge is -2.15. The first-order chi connectivity index (χ1) is 14.1. The molecule has 0 spiro atoms. The van der Waals surface area contributed by atoms with E-state index in [1.807, 2.05) is 55.5 Å². The monoisotopic (exact) mass is 388 g/mol. The Labute approximate surface area is 170 Å². The van der Waals surface area contributed by atoms with Gasteiger partial charge in [0.2, 0.25) is 0 Å². The number of carbonyl (C=O) groups excluding carboxylic acids is 2. The predicted octanol–water partition coefficient (Wildman–Crippen LogP) is 4.61. The summed E-state index contributed by atoms with van der Waals surface area (Å²) in [5.74, 6) is -0.813. The van der Waals surface area contributed by atoms with E-state index < -0.39 is 5.97 Å². The van der Waals surface area contributed by atoms with E-state index in [-0.39, 0.29) is 12.5 Å². The summed E-state index contributed by atoms with van der Waals surface area (Å²) in [4.78, 5) is 30.0. The first-order valence-corrected chi connectivity index (χ1v) is 10.1. The average Bonchev–Trinajstić information content (AvgIpc) is 2.97. The minimum Gasteiger partial charge on any atom is -0.452 e. The quantitative estimate of drug-likeness (QED) is 0.524. The Morgan fingerprint density at radius 1 is 1.00 bits per heavy atom. The Hall–Kier alpha value is -3.21. The zero-order valence-corrected chi connectivity index (χ0v) is 16.5.